The summed E-state index contributed by atoms with van der Waals surface area (Å²) >= 11 is 0. The number of nitrogens with zero attached hydrogens (tertiary/aromatic N) is 3. The summed E-state index contributed by atoms with van der Waals surface area (Å²) in [4.78, 5) is 4.45. The molecule has 0 aliphatic heterocycles. The van der Waals surface area contributed by atoms with E-state index in [1.807, 2.05) is 78.3 Å². The topological polar surface area (TPSA) is 39.4 Å². The summed E-state index contributed by atoms with van der Waals surface area (Å²) in [5.74, 6) is 1.61. The molecule has 0 fully saturated rings. The molecule has 4 aromatic rings. The Morgan fingerprint density at radius 2 is 1.74 bits per heavy atom. The number of hydrogen-bond donors (Lipinski definition) is 0. The highest BCUT2D eigenvalue weighted by atomic mass is 16.5. The smallest absolute Gasteiger partial charge is 0.163 e. The fourth-order valence-electron chi connectivity index (χ4n) is 2.57. The monoisotopic (exact) mass is 301 g/mol. The summed E-state index contributed by atoms with van der Waals surface area (Å²) in [7, 11) is 0. The fraction of sp³-hybridized carbons (Fsp3) is 0.0526. The maximum absolute atomic E-state index is 5.91. The number of benzene rings is 2. The summed E-state index contributed by atoms with van der Waals surface area (Å²) < 4.78 is 7.75. The van der Waals surface area contributed by atoms with Crippen LogP contribution in [0.3, 0.4) is 0 Å². The number of fused-ring (bicyclic) bond motifs is 1. The van der Waals surface area contributed by atoms with Gasteiger partial charge in [0.1, 0.15) is 11.5 Å². The van der Waals surface area contributed by atoms with Crippen molar-refractivity contribution in [1.29, 1.82) is 0 Å². The van der Waals surface area contributed by atoms with Crippen LogP contribution in [0.1, 0.15) is 5.69 Å². The summed E-state index contributed by atoms with van der Waals surface area (Å²) in [5, 5.41) is 4.42. The van der Waals surface area contributed by atoms with Crippen LogP contribution in [0, 0.1) is 6.92 Å². The van der Waals surface area contributed by atoms with Crippen LogP contribution in [0.25, 0.3) is 16.8 Å². The third-order valence-electron chi connectivity index (χ3n) is 3.71. The van der Waals surface area contributed by atoms with Crippen molar-refractivity contribution in [1.82, 2.24) is 14.6 Å². The standard InChI is InChI=1S/C19H15N3O/c1-14-10-11-20-19-18(13-21-22(14)19)15-6-5-9-17(12-15)23-16-7-3-2-4-8-16/h2-13H,1H3. The maximum atomic E-state index is 5.91. The highest BCUT2D eigenvalue weighted by molar-refractivity contribution is 5.77. The molecule has 0 aliphatic rings. The number of rotatable bonds is 3. The molecule has 0 aliphatic carbocycles. The minimum absolute atomic E-state index is 0.792. The van der Waals surface area contributed by atoms with Crippen molar-refractivity contribution in [3.8, 4) is 22.6 Å². The SMILES string of the molecule is Cc1ccnc2c(-c3cccc(Oc4ccccc4)c3)cnn12. The van der Waals surface area contributed by atoms with Gasteiger partial charge < -0.3 is 4.74 Å². The molecule has 0 bridgehead atoms. The van der Waals surface area contributed by atoms with E-state index in [0.29, 0.717) is 0 Å². The molecule has 0 atom stereocenters. The Hall–Kier alpha value is -3.14. The molecular weight excluding hydrogens is 286 g/mol. The van der Waals surface area contributed by atoms with Gasteiger partial charge in [-0.25, -0.2) is 9.50 Å². The molecule has 2 aromatic carbocycles. The third-order valence-corrected chi connectivity index (χ3v) is 3.71. The Bertz CT molecular complexity index is 961. The molecule has 112 valence electrons. The van der Waals surface area contributed by atoms with E-state index in [4.69, 9.17) is 4.74 Å². The first-order valence-corrected chi connectivity index (χ1v) is 7.44. The van der Waals surface area contributed by atoms with Crippen molar-refractivity contribution in [2.24, 2.45) is 0 Å². The van der Waals surface area contributed by atoms with E-state index in [2.05, 4.69) is 10.1 Å². The molecule has 0 amide bonds. The summed E-state index contributed by atoms with van der Waals surface area (Å²) in [5.41, 5.74) is 3.93. The van der Waals surface area contributed by atoms with Gasteiger partial charge in [0.25, 0.3) is 0 Å². The average molecular weight is 301 g/mol. The lowest BCUT2D eigenvalue weighted by molar-refractivity contribution is 0.483. The van der Waals surface area contributed by atoms with Gasteiger partial charge in [0.2, 0.25) is 0 Å². The largest absolute Gasteiger partial charge is 0.457 e. The fourth-order valence-corrected chi connectivity index (χ4v) is 2.57. The molecule has 0 saturated heterocycles. The van der Waals surface area contributed by atoms with Gasteiger partial charge >= 0.3 is 0 Å². The molecule has 4 heteroatoms. The van der Waals surface area contributed by atoms with Crippen molar-refractivity contribution in [2.45, 2.75) is 6.92 Å². The Kier molecular flexibility index (Phi) is 3.27. The Morgan fingerprint density at radius 1 is 0.913 bits per heavy atom. The van der Waals surface area contributed by atoms with Gasteiger partial charge in [-0.3, -0.25) is 0 Å². The highest BCUT2D eigenvalue weighted by Crippen LogP contribution is 2.29. The highest BCUT2D eigenvalue weighted by Gasteiger charge is 2.10. The van der Waals surface area contributed by atoms with Crippen LogP contribution in [0.2, 0.25) is 0 Å². The van der Waals surface area contributed by atoms with Crippen LogP contribution in [-0.2, 0) is 0 Å². The quantitative estimate of drug-likeness (QED) is 0.559. The first-order valence-electron chi connectivity index (χ1n) is 7.44. The first kappa shape index (κ1) is 13.5. The number of ether oxygens (including phenoxy) is 1. The van der Waals surface area contributed by atoms with E-state index >= 15 is 0 Å². The number of aromatic nitrogens is 3. The predicted molar refractivity (Wildman–Crippen MR) is 89.7 cm³/mol. The van der Waals surface area contributed by atoms with Crippen molar-refractivity contribution in [2.75, 3.05) is 0 Å². The van der Waals surface area contributed by atoms with E-state index in [1.165, 1.54) is 0 Å². The lowest BCUT2D eigenvalue weighted by Gasteiger charge is -2.07. The summed E-state index contributed by atoms with van der Waals surface area (Å²) in [6.45, 7) is 2.01. The van der Waals surface area contributed by atoms with Crippen molar-refractivity contribution < 1.29 is 4.74 Å². The van der Waals surface area contributed by atoms with Crippen LogP contribution >= 0.6 is 0 Å². The van der Waals surface area contributed by atoms with Gasteiger partial charge in [-0.05, 0) is 42.8 Å². The van der Waals surface area contributed by atoms with Crippen LogP contribution < -0.4 is 4.74 Å². The van der Waals surface area contributed by atoms with Crippen molar-refractivity contribution in [3.63, 3.8) is 0 Å². The van der Waals surface area contributed by atoms with Crippen molar-refractivity contribution in [3.05, 3.63) is 78.8 Å². The second-order valence-corrected chi connectivity index (χ2v) is 5.32. The van der Waals surface area contributed by atoms with Gasteiger partial charge in [0, 0.05) is 17.5 Å². The van der Waals surface area contributed by atoms with E-state index in [1.54, 1.807) is 6.20 Å². The van der Waals surface area contributed by atoms with Crippen LogP contribution in [0.4, 0.5) is 0 Å². The second kappa shape index (κ2) is 5.57. The third kappa shape index (κ3) is 2.55. The molecule has 0 saturated carbocycles. The average Bonchev–Trinajstić information content (AvgIpc) is 3.02. The normalized spacial score (nSPS) is 10.8. The minimum atomic E-state index is 0.792. The second-order valence-electron chi connectivity index (χ2n) is 5.32. The molecule has 0 N–H and O–H groups in total. The molecule has 0 radical (unpaired) electrons. The zero-order chi connectivity index (χ0) is 15.6. The molecular formula is C19H15N3O. The number of hydrogen-bond acceptors (Lipinski definition) is 3. The van der Waals surface area contributed by atoms with Crippen LogP contribution in [0.5, 0.6) is 11.5 Å². The summed E-state index contributed by atoms with van der Waals surface area (Å²) in [6.07, 6.45) is 3.65. The Labute approximate surface area is 134 Å². The van der Waals surface area contributed by atoms with Gasteiger partial charge in [-0.2, -0.15) is 5.10 Å². The van der Waals surface area contributed by atoms with Gasteiger partial charge in [-0.1, -0.05) is 30.3 Å². The van der Waals surface area contributed by atoms with E-state index in [9.17, 15) is 0 Å². The van der Waals surface area contributed by atoms with Gasteiger partial charge in [-0.15, -0.1) is 0 Å². The van der Waals surface area contributed by atoms with Gasteiger partial charge in [0.15, 0.2) is 5.65 Å². The maximum Gasteiger partial charge on any atom is 0.163 e. The number of aryl methyl sites for hydroxylation is 1. The minimum Gasteiger partial charge on any atom is -0.457 e. The molecule has 4 rings (SSSR count). The molecule has 2 heterocycles. The lowest BCUT2D eigenvalue weighted by atomic mass is 10.1. The molecule has 0 unspecified atom stereocenters. The van der Waals surface area contributed by atoms with E-state index in [-0.39, 0.29) is 0 Å². The summed E-state index contributed by atoms with van der Waals surface area (Å²) in [6, 6.07) is 19.7. The zero-order valence-corrected chi connectivity index (χ0v) is 12.7. The molecule has 4 nitrogen and oxygen atoms in total. The van der Waals surface area contributed by atoms with E-state index < -0.39 is 0 Å². The van der Waals surface area contributed by atoms with Crippen LogP contribution in [0.15, 0.2) is 73.1 Å². The van der Waals surface area contributed by atoms with E-state index in [0.717, 1.165) is 34.0 Å². The van der Waals surface area contributed by atoms with Crippen LogP contribution in [-0.4, -0.2) is 14.6 Å². The number of para-hydroxylation sites is 1. The van der Waals surface area contributed by atoms with Crippen molar-refractivity contribution >= 4 is 5.65 Å². The Morgan fingerprint density at radius 3 is 2.61 bits per heavy atom. The Balaban J connectivity index is 1.74. The lowest BCUT2D eigenvalue weighted by Crippen LogP contribution is -1.94. The molecule has 0 spiro atoms. The zero-order valence-electron chi connectivity index (χ0n) is 12.7. The molecule has 2 aromatic heterocycles. The first-order chi connectivity index (χ1) is 11.3. The van der Waals surface area contributed by atoms with Gasteiger partial charge in [0.05, 0.1) is 6.20 Å². The predicted octanol–water partition coefficient (Wildman–Crippen LogP) is 4.50. The molecule has 23 heavy (non-hydrogen) atoms.